The summed E-state index contributed by atoms with van der Waals surface area (Å²) in [5.74, 6) is 2.44. The molecule has 0 unspecified atom stereocenters. The third-order valence-corrected chi connectivity index (χ3v) is 4.33. The topological polar surface area (TPSA) is 58.1 Å². The molecule has 0 fully saturated rings. The van der Waals surface area contributed by atoms with Crippen LogP contribution in [0.25, 0.3) is 0 Å². The van der Waals surface area contributed by atoms with Gasteiger partial charge in [-0.15, -0.1) is 24.0 Å². The lowest BCUT2D eigenvalue weighted by Gasteiger charge is -2.30. The number of fused-ring (bicyclic) bond motifs is 1. The van der Waals surface area contributed by atoms with Crippen LogP contribution in [0, 0.1) is 0 Å². The Morgan fingerprint density at radius 1 is 1.12 bits per heavy atom. The molecule has 2 rings (SSSR count). The molecule has 0 atom stereocenters. The second-order valence-corrected chi connectivity index (χ2v) is 6.82. The van der Waals surface area contributed by atoms with Crippen molar-refractivity contribution in [3.05, 3.63) is 23.8 Å². The lowest BCUT2D eigenvalue weighted by molar-refractivity contribution is 0.173. The Labute approximate surface area is 174 Å². The van der Waals surface area contributed by atoms with Crippen molar-refractivity contribution >= 4 is 29.9 Å². The molecular weight excluding hydrogens is 443 g/mol. The Morgan fingerprint density at radius 3 is 2.46 bits per heavy atom. The van der Waals surface area contributed by atoms with Gasteiger partial charge in [0, 0.05) is 38.8 Å². The first-order valence-corrected chi connectivity index (χ1v) is 9.10. The maximum Gasteiger partial charge on any atom is 0.231 e. The van der Waals surface area contributed by atoms with Gasteiger partial charge in [0.1, 0.15) is 0 Å². The molecule has 1 aromatic carbocycles. The molecule has 0 amide bonds. The number of nitrogens with zero attached hydrogens (tertiary/aromatic N) is 2. The van der Waals surface area contributed by atoms with Crippen LogP contribution in [0.15, 0.2) is 23.2 Å². The second-order valence-electron chi connectivity index (χ2n) is 6.82. The molecule has 2 N–H and O–H groups in total. The van der Waals surface area contributed by atoms with Crippen LogP contribution in [0.3, 0.4) is 0 Å². The highest BCUT2D eigenvalue weighted by Gasteiger charge is 2.14. The maximum absolute atomic E-state index is 5.41. The summed E-state index contributed by atoms with van der Waals surface area (Å²) < 4.78 is 10.7. The zero-order valence-electron chi connectivity index (χ0n) is 16.5. The lowest BCUT2D eigenvalue weighted by atomic mass is 10.2. The average molecular weight is 476 g/mol. The minimum atomic E-state index is 0. The number of hydrogen-bond acceptors (Lipinski definition) is 4. The molecule has 0 saturated carbocycles. The van der Waals surface area contributed by atoms with Crippen molar-refractivity contribution in [3.63, 3.8) is 0 Å². The van der Waals surface area contributed by atoms with Crippen LogP contribution in [0.2, 0.25) is 0 Å². The van der Waals surface area contributed by atoms with E-state index in [9.17, 15) is 0 Å². The Hall–Kier alpha value is -1.22. The van der Waals surface area contributed by atoms with E-state index in [1.165, 1.54) is 0 Å². The highest BCUT2D eigenvalue weighted by Crippen LogP contribution is 2.32. The van der Waals surface area contributed by atoms with Crippen molar-refractivity contribution < 1.29 is 9.47 Å². The molecule has 0 aliphatic carbocycles. The molecule has 0 bridgehead atoms. The molecule has 1 aliphatic rings. The van der Waals surface area contributed by atoms with Crippen molar-refractivity contribution in [1.29, 1.82) is 0 Å². The summed E-state index contributed by atoms with van der Waals surface area (Å²) in [4.78, 5) is 6.79. The van der Waals surface area contributed by atoms with Crippen LogP contribution in [0.1, 0.15) is 39.7 Å². The Morgan fingerprint density at radius 2 is 1.81 bits per heavy atom. The summed E-state index contributed by atoms with van der Waals surface area (Å²) in [6, 6.07) is 7.14. The summed E-state index contributed by atoms with van der Waals surface area (Å²) in [6.07, 6.45) is 1.08. The molecule has 1 heterocycles. The number of halogens is 1. The molecule has 7 heteroatoms. The molecule has 148 valence electrons. The number of ether oxygens (including phenoxy) is 2. The van der Waals surface area contributed by atoms with Crippen molar-refractivity contribution in [3.8, 4) is 11.5 Å². The molecular formula is C19H33IN4O2. The largest absolute Gasteiger partial charge is 0.454 e. The number of guanidine groups is 1. The fourth-order valence-corrected chi connectivity index (χ4v) is 3.04. The molecule has 1 aliphatic heterocycles. The van der Waals surface area contributed by atoms with Crippen molar-refractivity contribution in [2.75, 3.05) is 26.9 Å². The molecule has 0 spiro atoms. The normalized spacial score (nSPS) is 13.3. The predicted octanol–water partition coefficient (Wildman–Crippen LogP) is 3.21. The van der Waals surface area contributed by atoms with E-state index in [1.807, 2.05) is 18.2 Å². The monoisotopic (exact) mass is 476 g/mol. The maximum atomic E-state index is 5.41. The van der Waals surface area contributed by atoms with Crippen LogP contribution in [0.4, 0.5) is 0 Å². The smallest absolute Gasteiger partial charge is 0.231 e. The summed E-state index contributed by atoms with van der Waals surface area (Å²) in [6.45, 7) is 12.0. The van der Waals surface area contributed by atoms with Gasteiger partial charge < -0.3 is 20.1 Å². The van der Waals surface area contributed by atoms with Crippen LogP contribution in [-0.4, -0.2) is 49.9 Å². The average Bonchev–Trinajstić information content (AvgIpc) is 3.04. The van der Waals surface area contributed by atoms with Crippen molar-refractivity contribution in [2.45, 2.75) is 52.7 Å². The number of nitrogens with one attached hydrogen (secondary N) is 2. The first-order valence-electron chi connectivity index (χ1n) is 9.10. The SMILES string of the molecule is CN=C(NCCCN(C(C)C)C(C)C)NCc1ccc2c(c1)OCO2.I. The predicted molar refractivity (Wildman–Crippen MR) is 118 cm³/mol. The van der Waals surface area contributed by atoms with Crippen LogP contribution in [0.5, 0.6) is 11.5 Å². The number of rotatable bonds is 8. The van der Waals surface area contributed by atoms with E-state index in [0.29, 0.717) is 25.4 Å². The van der Waals surface area contributed by atoms with Gasteiger partial charge in [0.2, 0.25) is 6.79 Å². The second kappa shape index (κ2) is 11.5. The summed E-state index contributed by atoms with van der Waals surface area (Å²) in [5, 5.41) is 6.72. The summed E-state index contributed by atoms with van der Waals surface area (Å²) >= 11 is 0. The van der Waals surface area contributed by atoms with Gasteiger partial charge in [0.25, 0.3) is 0 Å². The van der Waals surface area contributed by atoms with Gasteiger partial charge in [0.15, 0.2) is 17.5 Å². The fourth-order valence-electron chi connectivity index (χ4n) is 3.04. The highest BCUT2D eigenvalue weighted by atomic mass is 127. The fraction of sp³-hybridized carbons (Fsp3) is 0.632. The van der Waals surface area contributed by atoms with E-state index < -0.39 is 0 Å². The van der Waals surface area contributed by atoms with Gasteiger partial charge in [-0.3, -0.25) is 9.89 Å². The minimum absolute atomic E-state index is 0. The van der Waals surface area contributed by atoms with E-state index in [0.717, 1.165) is 42.5 Å². The van der Waals surface area contributed by atoms with Gasteiger partial charge in [-0.05, 0) is 51.8 Å². The Kier molecular flexibility index (Phi) is 10.1. The van der Waals surface area contributed by atoms with Crippen LogP contribution in [-0.2, 0) is 6.54 Å². The zero-order valence-corrected chi connectivity index (χ0v) is 18.9. The van der Waals surface area contributed by atoms with E-state index in [2.05, 4.69) is 48.2 Å². The van der Waals surface area contributed by atoms with E-state index in [1.54, 1.807) is 7.05 Å². The number of hydrogen-bond donors (Lipinski definition) is 2. The van der Waals surface area contributed by atoms with Crippen molar-refractivity contribution in [1.82, 2.24) is 15.5 Å². The van der Waals surface area contributed by atoms with E-state index in [-0.39, 0.29) is 24.0 Å². The first-order chi connectivity index (χ1) is 12.0. The summed E-state index contributed by atoms with van der Waals surface area (Å²) in [7, 11) is 1.80. The zero-order chi connectivity index (χ0) is 18.2. The van der Waals surface area contributed by atoms with Crippen LogP contribution < -0.4 is 20.1 Å². The quantitative estimate of drug-likeness (QED) is 0.261. The third kappa shape index (κ3) is 6.83. The lowest BCUT2D eigenvalue weighted by Crippen LogP contribution is -2.41. The van der Waals surface area contributed by atoms with Crippen LogP contribution >= 0.6 is 24.0 Å². The number of aliphatic imine (C=N–C) groups is 1. The Balaban J connectivity index is 0.00000338. The number of benzene rings is 1. The van der Waals surface area contributed by atoms with E-state index >= 15 is 0 Å². The van der Waals surface area contributed by atoms with E-state index in [4.69, 9.17) is 9.47 Å². The van der Waals surface area contributed by atoms with Gasteiger partial charge in [-0.2, -0.15) is 0 Å². The molecule has 6 nitrogen and oxygen atoms in total. The minimum Gasteiger partial charge on any atom is -0.454 e. The van der Waals surface area contributed by atoms with Gasteiger partial charge in [0.05, 0.1) is 0 Å². The Bertz CT molecular complexity index is 571. The molecule has 0 aromatic heterocycles. The highest BCUT2D eigenvalue weighted by molar-refractivity contribution is 14.0. The van der Waals surface area contributed by atoms with Gasteiger partial charge >= 0.3 is 0 Å². The molecule has 0 radical (unpaired) electrons. The first kappa shape index (κ1) is 22.8. The molecule has 0 saturated heterocycles. The third-order valence-electron chi connectivity index (χ3n) is 4.33. The molecule has 26 heavy (non-hydrogen) atoms. The molecule has 1 aromatic rings. The summed E-state index contributed by atoms with van der Waals surface area (Å²) in [5.41, 5.74) is 1.14. The van der Waals surface area contributed by atoms with Crippen molar-refractivity contribution in [2.24, 2.45) is 4.99 Å². The van der Waals surface area contributed by atoms with Gasteiger partial charge in [-0.1, -0.05) is 6.07 Å². The van der Waals surface area contributed by atoms with Gasteiger partial charge in [-0.25, -0.2) is 0 Å². The standard InChI is InChI=1S/C19H32N4O2.HI/c1-14(2)23(15(3)4)10-6-9-21-19(20-5)22-12-16-7-8-17-18(11-16)25-13-24-17;/h7-8,11,14-15H,6,9-10,12-13H2,1-5H3,(H2,20,21,22);1H.